The minimum atomic E-state index is 0.249. The van der Waals surface area contributed by atoms with E-state index < -0.39 is 0 Å². The molecule has 0 aliphatic carbocycles. The molecule has 1 amide bonds. The molecule has 1 saturated heterocycles. The van der Waals surface area contributed by atoms with E-state index in [1.54, 1.807) is 7.11 Å². The minimum Gasteiger partial charge on any atom is -0.497 e. The molecular weight excluding hydrogens is 278 g/mol. The van der Waals surface area contributed by atoms with Crippen molar-refractivity contribution >= 4 is 5.91 Å². The second kappa shape index (κ2) is 8.18. The number of rotatable bonds is 6. The molecule has 122 valence electrons. The molecule has 4 nitrogen and oxygen atoms in total. The molecule has 0 N–H and O–H groups in total. The average Bonchev–Trinajstić information content (AvgIpc) is 2.53. The second-order valence-electron chi connectivity index (χ2n) is 6.11. The van der Waals surface area contributed by atoms with E-state index in [1.807, 2.05) is 29.2 Å². The molecule has 22 heavy (non-hydrogen) atoms. The lowest BCUT2D eigenvalue weighted by Crippen LogP contribution is -2.41. The smallest absolute Gasteiger partial charge is 0.222 e. The molecule has 1 aromatic rings. The summed E-state index contributed by atoms with van der Waals surface area (Å²) in [5.41, 5.74) is 1.17. The number of ether oxygens (including phenoxy) is 2. The van der Waals surface area contributed by atoms with Gasteiger partial charge in [-0.05, 0) is 50.8 Å². The van der Waals surface area contributed by atoms with Gasteiger partial charge in [0, 0.05) is 19.5 Å². The highest BCUT2D eigenvalue weighted by Gasteiger charge is 2.23. The number of hydrogen-bond donors (Lipinski definition) is 0. The number of amides is 1. The normalized spacial score (nSPS) is 16.1. The van der Waals surface area contributed by atoms with E-state index in [-0.39, 0.29) is 12.0 Å². The van der Waals surface area contributed by atoms with Crippen molar-refractivity contribution in [2.75, 3.05) is 20.2 Å². The van der Waals surface area contributed by atoms with Crippen LogP contribution in [-0.2, 0) is 16.0 Å². The predicted molar refractivity (Wildman–Crippen MR) is 87.1 cm³/mol. The van der Waals surface area contributed by atoms with Crippen molar-refractivity contribution in [3.05, 3.63) is 29.8 Å². The van der Waals surface area contributed by atoms with Crippen molar-refractivity contribution in [1.29, 1.82) is 0 Å². The predicted octanol–water partition coefficient (Wildman–Crippen LogP) is 3.04. The first-order chi connectivity index (χ1) is 10.6. The summed E-state index contributed by atoms with van der Waals surface area (Å²) in [6.45, 7) is 5.76. The van der Waals surface area contributed by atoms with Crippen molar-refractivity contribution in [3.8, 4) is 5.75 Å². The van der Waals surface area contributed by atoms with Crippen LogP contribution in [0.1, 0.15) is 38.7 Å². The molecular formula is C18H27NO3. The van der Waals surface area contributed by atoms with E-state index in [9.17, 15) is 4.79 Å². The lowest BCUT2D eigenvalue weighted by atomic mass is 10.1. The minimum absolute atomic E-state index is 0.249. The summed E-state index contributed by atoms with van der Waals surface area (Å²) in [5.74, 6) is 1.10. The van der Waals surface area contributed by atoms with Crippen LogP contribution >= 0.6 is 0 Å². The zero-order valence-electron chi connectivity index (χ0n) is 13.9. The highest BCUT2D eigenvalue weighted by atomic mass is 16.5. The molecule has 0 atom stereocenters. The molecule has 0 unspecified atom stereocenters. The zero-order chi connectivity index (χ0) is 15.9. The number of carbonyl (C=O) groups excluding carboxylic acids is 1. The van der Waals surface area contributed by atoms with Gasteiger partial charge in [-0.1, -0.05) is 12.1 Å². The Morgan fingerprint density at radius 2 is 1.86 bits per heavy atom. The summed E-state index contributed by atoms with van der Waals surface area (Å²) < 4.78 is 11.0. The molecule has 0 aromatic heterocycles. The standard InChI is InChI=1S/C18H27NO3/c1-14(2)22-17-10-12-19(13-11-17)18(20)9-6-15-4-7-16(21-3)8-5-15/h4-5,7-8,14,17H,6,9-13H2,1-3H3. The van der Waals surface area contributed by atoms with Crippen molar-refractivity contribution in [2.45, 2.75) is 51.7 Å². The zero-order valence-corrected chi connectivity index (χ0v) is 13.9. The van der Waals surface area contributed by atoms with E-state index in [0.717, 1.165) is 38.1 Å². The third-order valence-electron chi connectivity index (χ3n) is 4.05. The Bertz CT molecular complexity index is 462. The lowest BCUT2D eigenvalue weighted by molar-refractivity contribution is -0.134. The average molecular weight is 305 g/mol. The number of methoxy groups -OCH3 is 1. The van der Waals surface area contributed by atoms with Crippen molar-refractivity contribution in [1.82, 2.24) is 4.90 Å². The van der Waals surface area contributed by atoms with E-state index >= 15 is 0 Å². The van der Waals surface area contributed by atoms with Crippen LogP contribution in [0.2, 0.25) is 0 Å². The molecule has 1 fully saturated rings. The Morgan fingerprint density at radius 1 is 1.23 bits per heavy atom. The fourth-order valence-corrected chi connectivity index (χ4v) is 2.83. The maximum Gasteiger partial charge on any atom is 0.222 e. The number of carbonyl (C=O) groups is 1. The summed E-state index contributed by atoms with van der Waals surface area (Å²) >= 11 is 0. The highest BCUT2D eigenvalue weighted by Crippen LogP contribution is 2.17. The van der Waals surface area contributed by atoms with Crippen molar-refractivity contribution in [3.63, 3.8) is 0 Å². The highest BCUT2D eigenvalue weighted by molar-refractivity contribution is 5.76. The van der Waals surface area contributed by atoms with Crippen LogP contribution in [0.3, 0.4) is 0 Å². The number of nitrogens with zero attached hydrogens (tertiary/aromatic N) is 1. The van der Waals surface area contributed by atoms with Crippen LogP contribution in [0, 0.1) is 0 Å². The van der Waals surface area contributed by atoms with Gasteiger partial charge in [-0.15, -0.1) is 0 Å². The first kappa shape index (κ1) is 16.8. The number of piperidine rings is 1. The van der Waals surface area contributed by atoms with Gasteiger partial charge >= 0.3 is 0 Å². The van der Waals surface area contributed by atoms with Crippen molar-refractivity contribution < 1.29 is 14.3 Å². The molecule has 1 aromatic carbocycles. The molecule has 1 heterocycles. The molecule has 0 spiro atoms. The molecule has 2 rings (SSSR count). The number of benzene rings is 1. The fourth-order valence-electron chi connectivity index (χ4n) is 2.83. The quantitative estimate of drug-likeness (QED) is 0.811. The van der Waals surface area contributed by atoms with Gasteiger partial charge in [-0.25, -0.2) is 0 Å². The van der Waals surface area contributed by atoms with Crippen molar-refractivity contribution in [2.24, 2.45) is 0 Å². The molecule has 4 heteroatoms. The fraction of sp³-hybridized carbons (Fsp3) is 0.611. The number of likely N-dealkylation sites (tertiary alicyclic amines) is 1. The van der Waals surface area contributed by atoms with E-state index in [1.165, 1.54) is 5.56 Å². The SMILES string of the molecule is COc1ccc(CCC(=O)N2CCC(OC(C)C)CC2)cc1. The topological polar surface area (TPSA) is 38.8 Å². The summed E-state index contributed by atoms with van der Waals surface area (Å²) in [4.78, 5) is 14.3. The van der Waals surface area contributed by atoms with Gasteiger partial charge in [0.05, 0.1) is 19.3 Å². The Balaban J connectivity index is 1.73. The van der Waals surface area contributed by atoms with Gasteiger partial charge in [-0.2, -0.15) is 0 Å². The van der Waals surface area contributed by atoms with Crippen LogP contribution in [0.5, 0.6) is 5.75 Å². The first-order valence-corrected chi connectivity index (χ1v) is 8.14. The van der Waals surface area contributed by atoms with Gasteiger partial charge in [0.25, 0.3) is 0 Å². The van der Waals surface area contributed by atoms with E-state index in [2.05, 4.69) is 13.8 Å². The largest absolute Gasteiger partial charge is 0.497 e. The van der Waals surface area contributed by atoms with Crippen LogP contribution < -0.4 is 4.74 Å². The summed E-state index contributed by atoms with van der Waals surface area (Å²) in [5, 5.41) is 0. The number of aryl methyl sites for hydroxylation is 1. The Labute approximate surface area is 133 Å². The lowest BCUT2D eigenvalue weighted by Gasteiger charge is -2.33. The summed E-state index contributed by atoms with van der Waals surface area (Å²) in [6, 6.07) is 7.92. The maximum atomic E-state index is 12.3. The summed E-state index contributed by atoms with van der Waals surface area (Å²) in [7, 11) is 1.66. The molecule has 1 aliphatic rings. The van der Waals surface area contributed by atoms with E-state index in [4.69, 9.17) is 9.47 Å². The summed E-state index contributed by atoms with van der Waals surface area (Å²) in [6.07, 6.45) is 3.83. The van der Waals surface area contributed by atoms with E-state index in [0.29, 0.717) is 12.5 Å². The van der Waals surface area contributed by atoms with Crippen LogP contribution in [0.4, 0.5) is 0 Å². The third kappa shape index (κ3) is 5.02. The monoisotopic (exact) mass is 305 g/mol. The first-order valence-electron chi connectivity index (χ1n) is 8.14. The molecule has 0 saturated carbocycles. The molecule has 1 aliphatic heterocycles. The Morgan fingerprint density at radius 3 is 2.41 bits per heavy atom. The van der Waals surface area contributed by atoms with Gasteiger partial charge in [0.15, 0.2) is 0 Å². The van der Waals surface area contributed by atoms with Gasteiger partial charge < -0.3 is 14.4 Å². The Hall–Kier alpha value is -1.55. The van der Waals surface area contributed by atoms with Gasteiger partial charge in [0.1, 0.15) is 5.75 Å². The van der Waals surface area contributed by atoms with Gasteiger partial charge in [-0.3, -0.25) is 4.79 Å². The van der Waals surface area contributed by atoms with Crippen LogP contribution in [-0.4, -0.2) is 43.2 Å². The third-order valence-corrected chi connectivity index (χ3v) is 4.05. The molecule has 0 radical (unpaired) electrons. The maximum absolute atomic E-state index is 12.3. The molecule has 0 bridgehead atoms. The van der Waals surface area contributed by atoms with Crippen LogP contribution in [0.15, 0.2) is 24.3 Å². The van der Waals surface area contributed by atoms with Crippen LogP contribution in [0.25, 0.3) is 0 Å². The van der Waals surface area contributed by atoms with Gasteiger partial charge in [0.2, 0.25) is 5.91 Å². The Kier molecular flexibility index (Phi) is 6.25. The number of hydrogen-bond acceptors (Lipinski definition) is 3. The second-order valence-corrected chi connectivity index (χ2v) is 6.11.